The van der Waals surface area contributed by atoms with Gasteiger partial charge >= 0.3 is 0 Å². The molecular weight excluding hydrogens is 252 g/mol. The van der Waals surface area contributed by atoms with Crippen molar-refractivity contribution in [3.63, 3.8) is 0 Å². The van der Waals surface area contributed by atoms with Crippen molar-refractivity contribution in [2.75, 3.05) is 33.4 Å². The van der Waals surface area contributed by atoms with Gasteiger partial charge in [-0.25, -0.2) is 0 Å². The van der Waals surface area contributed by atoms with Gasteiger partial charge < -0.3 is 15.0 Å². The summed E-state index contributed by atoms with van der Waals surface area (Å²) >= 11 is 0. The van der Waals surface area contributed by atoms with Crippen LogP contribution in [0.5, 0.6) is 0 Å². The topological polar surface area (TPSA) is 41.6 Å². The predicted octanol–water partition coefficient (Wildman–Crippen LogP) is 1.89. The fraction of sp³-hybridized carbons (Fsp3) is 0.562. The third-order valence-corrected chi connectivity index (χ3v) is 3.88. The van der Waals surface area contributed by atoms with Crippen LogP contribution >= 0.6 is 0 Å². The molecule has 1 heterocycles. The number of amides is 1. The second kappa shape index (κ2) is 7.41. The van der Waals surface area contributed by atoms with Crippen LogP contribution in [-0.4, -0.2) is 44.2 Å². The van der Waals surface area contributed by atoms with E-state index >= 15 is 0 Å². The van der Waals surface area contributed by atoms with Crippen molar-refractivity contribution in [2.24, 2.45) is 0 Å². The first-order chi connectivity index (χ1) is 9.74. The molecule has 0 saturated carbocycles. The van der Waals surface area contributed by atoms with Gasteiger partial charge in [0.25, 0.3) is 0 Å². The molecule has 4 nitrogen and oxygen atoms in total. The van der Waals surface area contributed by atoms with Crippen LogP contribution < -0.4 is 5.32 Å². The Kier molecular flexibility index (Phi) is 5.56. The molecule has 0 bridgehead atoms. The molecule has 0 radical (unpaired) electrons. The van der Waals surface area contributed by atoms with Gasteiger partial charge in [-0.3, -0.25) is 4.79 Å². The number of aryl methyl sites for hydroxylation is 1. The maximum atomic E-state index is 12.3. The first-order valence-corrected chi connectivity index (χ1v) is 7.28. The van der Waals surface area contributed by atoms with Gasteiger partial charge in [0.05, 0.1) is 19.2 Å². The van der Waals surface area contributed by atoms with Gasteiger partial charge in [0.1, 0.15) is 0 Å². The molecule has 1 unspecified atom stereocenters. The van der Waals surface area contributed by atoms with E-state index in [-0.39, 0.29) is 11.9 Å². The second-order valence-electron chi connectivity index (χ2n) is 5.27. The molecular formula is C16H24N2O2. The van der Waals surface area contributed by atoms with Crippen molar-refractivity contribution in [1.82, 2.24) is 10.2 Å². The SMILES string of the molecule is COCCNCC(=O)N1CCCC1c1ccccc1C. The minimum atomic E-state index is 0.187. The van der Waals surface area contributed by atoms with Crippen LogP contribution in [0.3, 0.4) is 0 Å². The van der Waals surface area contributed by atoms with Crippen LogP contribution in [0.25, 0.3) is 0 Å². The Morgan fingerprint density at radius 3 is 3.00 bits per heavy atom. The highest BCUT2D eigenvalue weighted by atomic mass is 16.5. The Morgan fingerprint density at radius 2 is 2.25 bits per heavy atom. The predicted molar refractivity (Wildman–Crippen MR) is 79.6 cm³/mol. The average Bonchev–Trinajstić information content (AvgIpc) is 2.93. The van der Waals surface area contributed by atoms with E-state index in [1.165, 1.54) is 11.1 Å². The summed E-state index contributed by atoms with van der Waals surface area (Å²) in [4.78, 5) is 14.3. The van der Waals surface area contributed by atoms with Gasteiger partial charge in [0.2, 0.25) is 5.91 Å². The second-order valence-corrected chi connectivity index (χ2v) is 5.27. The van der Waals surface area contributed by atoms with Crippen molar-refractivity contribution in [1.29, 1.82) is 0 Å². The molecule has 1 saturated heterocycles. The number of rotatable bonds is 6. The normalized spacial score (nSPS) is 18.5. The van der Waals surface area contributed by atoms with Crippen LogP contribution in [0, 0.1) is 6.92 Å². The fourth-order valence-electron chi connectivity index (χ4n) is 2.82. The largest absolute Gasteiger partial charge is 0.383 e. The average molecular weight is 276 g/mol. The number of carbonyl (C=O) groups excluding carboxylic acids is 1. The van der Waals surface area contributed by atoms with E-state index < -0.39 is 0 Å². The lowest BCUT2D eigenvalue weighted by Crippen LogP contribution is -2.38. The Hall–Kier alpha value is -1.39. The summed E-state index contributed by atoms with van der Waals surface area (Å²) in [5.74, 6) is 0.187. The van der Waals surface area contributed by atoms with Crippen molar-refractivity contribution in [3.05, 3.63) is 35.4 Å². The molecule has 1 atom stereocenters. The minimum Gasteiger partial charge on any atom is -0.383 e. The number of ether oxygens (including phenoxy) is 1. The molecule has 2 rings (SSSR count). The van der Waals surface area contributed by atoms with Gasteiger partial charge in [0, 0.05) is 20.2 Å². The number of likely N-dealkylation sites (tertiary alicyclic amines) is 1. The standard InChI is InChI=1S/C16H24N2O2/c1-13-6-3-4-7-14(13)15-8-5-10-18(15)16(19)12-17-9-11-20-2/h3-4,6-7,15,17H,5,8-12H2,1-2H3. The van der Waals surface area contributed by atoms with E-state index in [2.05, 4.69) is 30.4 Å². The number of benzene rings is 1. The quantitative estimate of drug-likeness (QED) is 0.807. The molecule has 20 heavy (non-hydrogen) atoms. The van der Waals surface area contributed by atoms with Gasteiger partial charge in [-0.2, -0.15) is 0 Å². The highest BCUT2D eigenvalue weighted by Crippen LogP contribution is 2.33. The summed E-state index contributed by atoms with van der Waals surface area (Å²) in [5, 5.41) is 3.13. The Morgan fingerprint density at radius 1 is 1.45 bits per heavy atom. The molecule has 1 aliphatic heterocycles. The van der Waals surface area contributed by atoms with Gasteiger partial charge in [-0.15, -0.1) is 0 Å². The third kappa shape index (κ3) is 3.58. The molecule has 0 aliphatic carbocycles. The number of hydrogen-bond acceptors (Lipinski definition) is 3. The Bertz CT molecular complexity index is 448. The maximum absolute atomic E-state index is 12.3. The summed E-state index contributed by atoms with van der Waals surface area (Å²) in [6.07, 6.45) is 2.15. The summed E-state index contributed by atoms with van der Waals surface area (Å²) in [5.41, 5.74) is 2.56. The van der Waals surface area contributed by atoms with Crippen molar-refractivity contribution in [3.8, 4) is 0 Å². The summed E-state index contributed by atoms with van der Waals surface area (Å²) in [6.45, 7) is 4.72. The van der Waals surface area contributed by atoms with Crippen LogP contribution in [0.4, 0.5) is 0 Å². The zero-order valence-corrected chi connectivity index (χ0v) is 12.4. The van der Waals surface area contributed by atoms with Gasteiger partial charge in [-0.1, -0.05) is 24.3 Å². The molecule has 1 aromatic carbocycles. The molecule has 1 N–H and O–H groups in total. The molecule has 1 fully saturated rings. The molecule has 0 spiro atoms. The van der Waals surface area contributed by atoms with E-state index in [9.17, 15) is 4.79 Å². The third-order valence-electron chi connectivity index (χ3n) is 3.88. The fourth-order valence-corrected chi connectivity index (χ4v) is 2.82. The lowest BCUT2D eigenvalue weighted by molar-refractivity contribution is -0.131. The van der Waals surface area contributed by atoms with Crippen LogP contribution in [0.1, 0.15) is 30.0 Å². The number of nitrogens with zero attached hydrogens (tertiary/aromatic N) is 1. The number of nitrogens with one attached hydrogen (secondary N) is 1. The van der Waals surface area contributed by atoms with E-state index in [0.29, 0.717) is 19.7 Å². The summed E-state index contributed by atoms with van der Waals surface area (Å²) < 4.78 is 4.97. The van der Waals surface area contributed by atoms with E-state index in [4.69, 9.17) is 4.74 Å². The zero-order chi connectivity index (χ0) is 14.4. The molecule has 1 aliphatic rings. The lowest BCUT2D eigenvalue weighted by atomic mass is 9.99. The molecule has 110 valence electrons. The first kappa shape index (κ1) is 15.0. The Balaban J connectivity index is 1.97. The molecule has 4 heteroatoms. The van der Waals surface area contributed by atoms with Crippen LogP contribution in [0.15, 0.2) is 24.3 Å². The van der Waals surface area contributed by atoms with E-state index in [1.54, 1.807) is 7.11 Å². The maximum Gasteiger partial charge on any atom is 0.237 e. The number of methoxy groups -OCH3 is 1. The van der Waals surface area contributed by atoms with Crippen LogP contribution in [-0.2, 0) is 9.53 Å². The van der Waals surface area contributed by atoms with Crippen LogP contribution in [0.2, 0.25) is 0 Å². The van der Waals surface area contributed by atoms with E-state index in [1.807, 2.05) is 11.0 Å². The monoisotopic (exact) mass is 276 g/mol. The van der Waals surface area contributed by atoms with Crippen molar-refractivity contribution in [2.45, 2.75) is 25.8 Å². The van der Waals surface area contributed by atoms with Gasteiger partial charge in [0.15, 0.2) is 0 Å². The minimum absolute atomic E-state index is 0.187. The smallest absolute Gasteiger partial charge is 0.237 e. The van der Waals surface area contributed by atoms with Crippen molar-refractivity contribution >= 4 is 5.91 Å². The Labute approximate surface area is 121 Å². The number of carbonyl (C=O) groups is 1. The highest BCUT2D eigenvalue weighted by molar-refractivity contribution is 5.79. The summed E-state index contributed by atoms with van der Waals surface area (Å²) in [7, 11) is 1.66. The first-order valence-electron chi connectivity index (χ1n) is 7.28. The van der Waals surface area contributed by atoms with Crippen molar-refractivity contribution < 1.29 is 9.53 Å². The molecule has 0 aromatic heterocycles. The highest BCUT2D eigenvalue weighted by Gasteiger charge is 2.30. The lowest BCUT2D eigenvalue weighted by Gasteiger charge is -2.26. The zero-order valence-electron chi connectivity index (χ0n) is 12.4. The van der Waals surface area contributed by atoms with E-state index in [0.717, 1.165) is 19.4 Å². The number of hydrogen-bond donors (Lipinski definition) is 1. The molecule has 1 amide bonds. The molecule has 1 aromatic rings. The van der Waals surface area contributed by atoms with Gasteiger partial charge in [-0.05, 0) is 30.9 Å². The summed E-state index contributed by atoms with van der Waals surface area (Å²) in [6, 6.07) is 8.61.